The monoisotopic (exact) mass is 426 g/mol. The van der Waals surface area contributed by atoms with E-state index in [1.165, 1.54) is 0 Å². The van der Waals surface area contributed by atoms with Crippen molar-refractivity contribution in [1.29, 1.82) is 0 Å². The molecule has 4 aromatic carbocycles. The van der Waals surface area contributed by atoms with Crippen LogP contribution in [0.3, 0.4) is 0 Å². The Hall–Kier alpha value is -3.00. The zero-order valence-electron chi connectivity index (χ0n) is 19.6. The van der Waals surface area contributed by atoms with Crippen LogP contribution in [0, 0.1) is 0 Å². The highest BCUT2D eigenvalue weighted by molar-refractivity contribution is 6.68. The fourth-order valence-electron chi connectivity index (χ4n) is 4.93. The van der Waals surface area contributed by atoms with Crippen molar-refractivity contribution in [2.24, 2.45) is 0 Å². The molecule has 0 spiro atoms. The van der Waals surface area contributed by atoms with Gasteiger partial charge in [-0.15, -0.1) is 16.4 Å². The van der Waals surface area contributed by atoms with Gasteiger partial charge in [-0.05, 0) is 45.4 Å². The van der Waals surface area contributed by atoms with Crippen LogP contribution in [0.15, 0.2) is 65.1 Å². The van der Waals surface area contributed by atoms with Gasteiger partial charge in [0, 0.05) is 10.8 Å². The largest absolute Gasteiger partial charge is 0.456 e. The second kappa shape index (κ2) is 8.05. The molecule has 1 heterocycles. The molecule has 0 bridgehead atoms. The summed E-state index contributed by atoms with van der Waals surface area (Å²) < 4.78 is 6.15. The number of hydrogen-bond donors (Lipinski definition) is 0. The van der Waals surface area contributed by atoms with E-state index in [2.05, 4.69) is 39.0 Å². The van der Waals surface area contributed by atoms with Crippen molar-refractivity contribution >= 4 is 88.5 Å². The van der Waals surface area contributed by atoms with Crippen LogP contribution in [-0.2, 0) is 5.41 Å². The molecule has 0 aliphatic heterocycles. The van der Waals surface area contributed by atoms with Crippen molar-refractivity contribution in [3.8, 4) is 22.3 Å². The maximum atomic E-state index is 6.48. The molecule has 5 rings (SSSR count). The summed E-state index contributed by atoms with van der Waals surface area (Å²) in [4.78, 5) is 0. The molecule has 1 nitrogen and oxygen atoms in total. The predicted molar refractivity (Wildman–Crippen MR) is 150 cm³/mol. The molecule has 34 heavy (non-hydrogen) atoms. The molecule has 6 heteroatoms. The van der Waals surface area contributed by atoms with E-state index in [4.69, 9.17) is 43.6 Å². The van der Waals surface area contributed by atoms with Crippen LogP contribution in [0.1, 0.15) is 26.3 Å². The molecule has 10 radical (unpaired) electrons. The number of hydrogen-bond acceptors (Lipinski definition) is 1. The average Bonchev–Trinajstić information content (AvgIpc) is 3.19. The van der Waals surface area contributed by atoms with Gasteiger partial charge >= 0.3 is 0 Å². The smallest absolute Gasteiger partial charge is 0.136 e. The van der Waals surface area contributed by atoms with Crippen LogP contribution >= 0.6 is 0 Å². The van der Waals surface area contributed by atoms with Gasteiger partial charge in [-0.2, -0.15) is 0 Å². The van der Waals surface area contributed by atoms with Crippen molar-refractivity contribution in [3.05, 3.63) is 66.2 Å². The molecule has 0 fully saturated rings. The lowest BCUT2D eigenvalue weighted by molar-refractivity contribution is 0.594. The topological polar surface area (TPSA) is 13.1 Å². The fourth-order valence-corrected chi connectivity index (χ4v) is 4.93. The Balaban J connectivity index is 1.92. The van der Waals surface area contributed by atoms with E-state index in [0.717, 1.165) is 44.2 Å². The number of para-hydroxylation sites is 1. The zero-order chi connectivity index (χ0) is 24.4. The molecule has 0 amide bonds. The van der Waals surface area contributed by atoms with Gasteiger partial charge in [-0.3, -0.25) is 0 Å². The quantitative estimate of drug-likeness (QED) is 0.395. The Morgan fingerprint density at radius 2 is 1.09 bits per heavy atom. The van der Waals surface area contributed by atoms with Crippen LogP contribution in [0.2, 0.25) is 0 Å². The van der Waals surface area contributed by atoms with E-state index in [0.29, 0.717) is 16.5 Å². The Morgan fingerprint density at radius 1 is 0.559 bits per heavy atom. The Labute approximate surface area is 207 Å². The van der Waals surface area contributed by atoms with Gasteiger partial charge in [-0.25, -0.2) is 0 Å². The summed E-state index contributed by atoms with van der Waals surface area (Å²) in [6.07, 6.45) is 0. The van der Waals surface area contributed by atoms with Crippen LogP contribution in [0.4, 0.5) is 0 Å². The molecule has 0 N–H and O–H groups in total. The highest BCUT2D eigenvalue weighted by atomic mass is 16.3. The van der Waals surface area contributed by atoms with Crippen LogP contribution in [-0.4, -0.2) is 39.2 Å². The van der Waals surface area contributed by atoms with Gasteiger partial charge in [0.15, 0.2) is 0 Å². The molecule has 0 aliphatic rings. The van der Waals surface area contributed by atoms with Crippen molar-refractivity contribution in [3.63, 3.8) is 0 Å². The van der Waals surface area contributed by atoms with E-state index in [1.54, 1.807) is 0 Å². The van der Waals surface area contributed by atoms with E-state index >= 15 is 0 Å². The third kappa shape index (κ3) is 3.38. The number of furan rings is 1. The molecular weight excluding hydrogens is 406 g/mol. The number of fused-ring (bicyclic) bond motifs is 3. The summed E-state index contributed by atoms with van der Waals surface area (Å²) in [7, 11) is 31.5. The highest BCUT2D eigenvalue weighted by Gasteiger charge is 2.26. The maximum Gasteiger partial charge on any atom is 0.136 e. The van der Waals surface area contributed by atoms with Gasteiger partial charge in [0.1, 0.15) is 50.4 Å². The lowest BCUT2D eigenvalue weighted by atomic mass is 9.59. The van der Waals surface area contributed by atoms with Gasteiger partial charge in [0.25, 0.3) is 0 Å². The van der Waals surface area contributed by atoms with Gasteiger partial charge in [0.2, 0.25) is 0 Å². The summed E-state index contributed by atoms with van der Waals surface area (Å²) in [6.45, 7) is 6.50. The van der Waals surface area contributed by atoms with Gasteiger partial charge < -0.3 is 4.42 Å². The predicted octanol–water partition coefficient (Wildman–Crippen LogP) is 2.19. The molecule has 0 unspecified atom stereocenters. The van der Waals surface area contributed by atoms with E-state index in [1.807, 2.05) is 42.5 Å². The number of benzene rings is 4. The molecular formula is C28H19B5O. The fraction of sp³-hybridized carbons (Fsp3) is 0.143. The van der Waals surface area contributed by atoms with Crippen molar-refractivity contribution in [2.45, 2.75) is 26.2 Å². The lowest BCUT2D eigenvalue weighted by Gasteiger charge is -2.30. The van der Waals surface area contributed by atoms with Gasteiger partial charge in [0.05, 0.1) is 0 Å². The Kier molecular flexibility index (Phi) is 5.39. The normalized spacial score (nSPS) is 12.0. The first-order valence-corrected chi connectivity index (χ1v) is 11.2. The van der Waals surface area contributed by atoms with E-state index in [9.17, 15) is 0 Å². The van der Waals surface area contributed by atoms with E-state index < -0.39 is 0 Å². The summed E-state index contributed by atoms with van der Waals surface area (Å²) in [6, 6.07) is 20.3. The standard InChI is InChI=1S/C28H19B5O/c1-28(2,3)22-15(14-9-7-13-19-20(14)16-8-4-5-12-18(16)34-19)10-6-11-17(22)21-23(29)25(31)27(33)26(32)24(21)30/h4-13H,1-3H3. The van der Waals surface area contributed by atoms with E-state index in [-0.39, 0.29) is 21.8 Å². The third-order valence-corrected chi connectivity index (χ3v) is 6.48. The molecule has 152 valence electrons. The zero-order valence-corrected chi connectivity index (χ0v) is 19.6. The summed E-state index contributed by atoms with van der Waals surface area (Å²) in [5.41, 5.74) is 7.49. The molecule has 0 saturated carbocycles. The summed E-state index contributed by atoms with van der Waals surface area (Å²) in [5, 5.41) is 2.14. The first-order valence-electron chi connectivity index (χ1n) is 11.2. The third-order valence-electron chi connectivity index (χ3n) is 6.48. The summed E-state index contributed by atoms with van der Waals surface area (Å²) >= 11 is 0. The first-order chi connectivity index (χ1) is 16.1. The van der Waals surface area contributed by atoms with Crippen LogP contribution in [0.5, 0.6) is 0 Å². The SMILES string of the molecule is [B]c1c([B])c([B])c(-c2cccc(-c3cccc4oc5ccccc5c34)c2C(C)(C)C)c([B])c1[B]. The van der Waals surface area contributed by atoms with Crippen molar-refractivity contribution < 1.29 is 4.42 Å². The molecule has 0 saturated heterocycles. The van der Waals surface area contributed by atoms with Crippen LogP contribution in [0.25, 0.3) is 44.2 Å². The second-order valence-corrected chi connectivity index (χ2v) is 9.70. The molecule has 0 atom stereocenters. The maximum absolute atomic E-state index is 6.48. The first kappa shape index (κ1) is 22.8. The lowest BCUT2D eigenvalue weighted by Crippen LogP contribution is -2.55. The molecule has 1 aromatic heterocycles. The Morgan fingerprint density at radius 3 is 1.76 bits per heavy atom. The average molecular weight is 426 g/mol. The van der Waals surface area contributed by atoms with Crippen LogP contribution < -0.4 is 27.3 Å². The minimum absolute atomic E-state index is 0.210. The second-order valence-electron chi connectivity index (χ2n) is 9.70. The minimum atomic E-state index is -0.266. The van der Waals surface area contributed by atoms with Crippen molar-refractivity contribution in [2.75, 3.05) is 0 Å². The Bertz CT molecular complexity index is 1560. The number of rotatable bonds is 2. The summed E-state index contributed by atoms with van der Waals surface area (Å²) in [5.74, 6) is 0. The van der Waals surface area contributed by atoms with Gasteiger partial charge in [-0.1, -0.05) is 80.2 Å². The highest BCUT2D eigenvalue weighted by Crippen LogP contribution is 2.43. The molecule has 5 aromatic rings. The minimum Gasteiger partial charge on any atom is -0.456 e. The molecule has 0 aliphatic carbocycles. The van der Waals surface area contributed by atoms with Crippen molar-refractivity contribution in [1.82, 2.24) is 0 Å².